The van der Waals surface area contributed by atoms with Crippen molar-refractivity contribution in [1.82, 2.24) is 0 Å². The Labute approximate surface area is 229 Å². The van der Waals surface area contributed by atoms with Crippen molar-refractivity contribution in [2.75, 3.05) is 17.7 Å². The highest BCUT2D eigenvalue weighted by Crippen LogP contribution is 2.52. The van der Waals surface area contributed by atoms with E-state index in [1.807, 2.05) is 11.8 Å². The minimum Gasteiger partial charge on any atom is -0.335 e. The lowest BCUT2D eigenvalue weighted by atomic mass is 9.93. The number of aromatic nitrogens is 1. The van der Waals surface area contributed by atoms with Crippen molar-refractivity contribution in [1.29, 1.82) is 0 Å². The van der Waals surface area contributed by atoms with Gasteiger partial charge in [0.05, 0.1) is 10.7 Å². The van der Waals surface area contributed by atoms with Gasteiger partial charge in [-0.05, 0) is 110 Å². The average molecular weight is 524 g/mol. The van der Waals surface area contributed by atoms with Crippen molar-refractivity contribution in [3.05, 3.63) is 99.3 Å². The van der Waals surface area contributed by atoms with Crippen LogP contribution in [0, 0.1) is 13.8 Å². The number of hydrogen-bond acceptors (Lipinski definition) is 3. The number of allylic oxidation sites excluding steroid dienone is 6. The molecule has 4 heteroatoms. The first-order valence-electron chi connectivity index (χ1n) is 13.4. The van der Waals surface area contributed by atoms with E-state index >= 15 is 0 Å². The Kier molecular flexibility index (Phi) is 6.81. The van der Waals surface area contributed by atoms with E-state index < -0.39 is 0 Å². The van der Waals surface area contributed by atoms with Gasteiger partial charge in [-0.25, -0.2) is 0 Å². The second-order valence-corrected chi connectivity index (χ2v) is 12.3. The monoisotopic (exact) mass is 523 g/mol. The number of anilines is 1. The molecule has 0 radical (unpaired) electrons. The fraction of sp³-hybridized carbons (Fsp3) is 0.303. The lowest BCUT2D eigenvalue weighted by molar-refractivity contribution is -0.646. The lowest BCUT2D eigenvalue weighted by Gasteiger charge is -2.29. The van der Waals surface area contributed by atoms with Gasteiger partial charge in [0, 0.05) is 39.9 Å². The smallest absolute Gasteiger partial charge is 0.212 e. The maximum absolute atomic E-state index is 2.59. The zero-order valence-corrected chi connectivity index (χ0v) is 23.9. The van der Waals surface area contributed by atoms with Crippen molar-refractivity contribution >= 4 is 46.2 Å². The highest BCUT2D eigenvalue weighted by molar-refractivity contribution is 8.03. The number of aryl methyl sites for hydroxylation is 2. The van der Waals surface area contributed by atoms with Crippen molar-refractivity contribution in [2.24, 2.45) is 7.05 Å². The predicted octanol–water partition coefficient (Wildman–Crippen LogP) is 8.45. The van der Waals surface area contributed by atoms with Crippen LogP contribution < -0.4 is 9.47 Å². The first kappa shape index (κ1) is 24.6. The molecule has 6 rings (SSSR count). The largest absolute Gasteiger partial charge is 0.335 e. The highest BCUT2D eigenvalue weighted by atomic mass is 32.2. The molecule has 0 saturated carbocycles. The van der Waals surface area contributed by atoms with Crippen molar-refractivity contribution in [3.8, 4) is 0 Å². The minimum atomic E-state index is 1.14. The number of thioether (sulfide) groups is 2. The summed E-state index contributed by atoms with van der Waals surface area (Å²) in [5.74, 6) is 0. The molecule has 0 spiro atoms. The molecular weight excluding hydrogens is 489 g/mol. The standard InChI is InChI=1S/C33H35N2S2/c1-22-18-31-33-29(23(22)2)12-7-17-35(33)32(37-31)20-25-10-5-8-24(19-25)9-6-11-27-14-13-26-21-28(36-4)15-16-30(26)34(27)3/h6,9,11,13-16,18-21H,5,7-8,10,12,17H2,1-4H3/q+1. The number of nitrogens with zero attached hydrogens (tertiary/aromatic N) is 2. The summed E-state index contributed by atoms with van der Waals surface area (Å²) in [7, 11) is 2.16. The molecule has 0 unspecified atom stereocenters. The molecule has 188 valence electrons. The van der Waals surface area contributed by atoms with Gasteiger partial charge in [0.1, 0.15) is 7.05 Å². The van der Waals surface area contributed by atoms with Crippen LogP contribution in [0.1, 0.15) is 48.1 Å². The number of benzene rings is 2. The van der Waals surface area contributed by atoms with Crippen molar-refractivity contribution in [2.45, 2.75) is 55.7 Å². The third-order valence-electron chi connectivity index (χ3n) is 8.07. The topological polar surface area (TPSA) is 7.12 Å². The molecule has 0 amide bonds. The lowest BCUT2D eigenvalue weighted by Crippen LogP contribution is -2.32. The van der Waals surface area contributed by atoms with Crippen molar-refractivity contribution in [3.63, 3.8) is 0 Å². The summed E-state index contributed by atoms with van der Waals surface area (Å²) in [6, 6.07) is 13.6. The highest BCUT2D eigenvalue weighted by Gasteiger charge is 2.32. The van der Waals surface area contributed by atoms with Crippen LogP contribution in [-0.2, 0) is 13.5 Å². The number of rotatable bonds is 4. The molecule has 3 aliphatic rings. The number of hydrogen-bond donors (Lipinski definition) is 0. The molecule has 2 aromatic carbocycles. The Morgan fingerprint density at radius 3 is 2.78 bits per heavy atom. The van der Waals surface area contributed by atoms with E-state index in [0.29, 0.717) is 0 Å². The fourth-order valence-corrected chi connectivity index (χ4v) is 7.63. The molecule has 0 fully saturated rings. The average Bonchev–Trinajstić information content (AvgIpc) is 3.26. The quantitative estimate of drug-likeness (QED) is 0.250. The molecule has 2 nitrogen and oxygen atoms in total. The molecule has 3 aromatic rings. The maximum Gasteiger partial charge on any atom is 0.212 e. The second-order valence-electron chi connectivity index (χ2n) is 10.4. The van der Waals surface area contributed by atoms with E-state index in [-0.39, 0.29) is 0 Å². The van der Waals surface area contributed by atoms with Gasteiger partial charge in [0.2, 0.25) is 11.2 Å². The summed E-state index contributed by atoms with van der Waals surface area (Å²) >= 11 is 3.76. The Hall–Kier alpha value is -2.69. The van der Waals surface area contributed by atoms with Gasteiger partial charge < -0.3 is 4.90 Å². The third kappa shape index (κ3) is 4.70. The number of pyridine rings is 1. The van der Waals surface area contributed by atoms with Gasteiger partial charge in [0.15, 0.2) is 0 Å². The maximum atomic E-state index is 2.59. The minimum absolute atomic E-state index is 1.14. The zero-order valence-electron chi connectivity index (χ0n) is 22.3. The zero-order chi connectivity index (χ0) is 25.5. The van der Waals surface area contributed by atoms with Crippen LogP contribution in [0.25, 0.3) is 17.0 Å². The molecule has 37 heavy (non-hydrogen) atoms. The summed E-state index contributed by atoms with van der Waals surface area (Å²) in [4.78, 5) is 5.35. The molecule has 0 atom stereocenters. The van der Waals surface area contributed by atoms with Crippen LogP contribution in [0.2, 0.25) is 0 Å². The third-order valence-corrected chi connectivity index (χ3v) is 9.88. The molecular formula is C33H35N2S2+. The molecule has 0 N–H and O–H groups in total. The fourth-order valence-electron chi connectivity index (χ4n) is 5.88. The summed E-state index contributed by atoms with van der Waals surface area (Å²) in [5.41, 5.74) is 11.4. The SMILES string of the molecule is CSc1ccc2c(ccc(C=CC=C3C=C(C=C4Sc5cc(C)c(C)c6c5N4CCC6)CCC3)[n+]2C)c1. The summed E-state index contributed by atoms with van der Waals surface area (Å²) in [5, 5.41) is 2.70. The van der Waals surface area contributed by atoms with Crippen LogP contribution >= 0.6 is 23.5 Å². The van der Waals surface area contributed by atoms with Crippen LogP contribution in [-0.4, -0.2) is 12.8 Å². The first-order valence-corrected chi connectivity index (χ1v) is 15.4. The number of fused-ring (bicyclic) bond motifs is 1. The summed E-state index contributed by atoms with van der Waals surface area (Å²) < 4.78 is 2.28. The van der Waals surface area contributed by atoms with E-state index in [1.54, 1.807) is 17.3 Å². The van der Waals surface area contributed by atoms with Crippen LogP contribution in [0.15, 0.2) is 86.7 Å². The van der Waals surface area contributed by atoms with Gasteiger partial charge in [-0.15, -0.1) is 11.8 Å². The van der Waals surface area contributed by atoms with E-state index in [2.05, 4.69) is 103 Å². The van der Waals surface area contributed by atoms with Gasteiger partial charge in [0.25, 0.3) is 0 Å². The van der Waals surface area contributed by atoms with Gasteiger partial charge in [-0.3, -0.25) is 0 Å². The van der Waals surface area contributed by atoms with E-state index in [1.165, 1.54) is 78.6 Å². The van der Waals surface area contributed by atoms with Crippen LogP contribution in [0.5, 0.6) is 0 Å². The molecule has 2 aliphatic heterocycles. The Morgan fingerprint density at radius 2 is 1.92 bits per heavy atom. The molecule has 3 heterocycles. The second kappa shape index (κ2) is 10.2. The van der Waals surface area contributed by atoms with Gasteiger partial charge in [-0.1, -0.05) is 30.0 Å². The molecule has 1 aromatic heterocycles. The molecule has 0 bridgehead atoms. The van der Waals surface area contributed by atoms with Crippen LogP contribution in [0.3, 0.4) is 0 Å². The van der Waals surface area contributed by atoms with Crippen LogP contribution in [0.4, 0.5) is 5.69 Å². The van der Waals surface area contributed by atoms with E-state index in [0.717, 1.165) is 19.4 Å². The Morgan fingerprint density at radius 1 is 1.03 bits per heavy atom. The molecule has 0 saturated heterocycles. The van der Waals surface area contributed by atoms with Gasteiger partial charge in [-0.2, -0.15) is 4.57 Å². The van der Waals surface area contributed by atoms with Gasteiger partial charge >= 0.3 is 0 Å². The van der Waals surface area contributed by atoms with E-state index in [4.69, 9.17) is 0 Å². The van der Waals surface area contributed by atoms with E-state index in [9.17, 15) is 0 Å². The Balaban J connectivity index is 1.24. The normalized spacial score (nSPS) is 19.4. The van der Waals surface area contributed by atoms with Crippen molar-refractivity contribution < 1.29 is 4.57 Å². The first-order chi connectivity index (χ1) is 18.0. The predicted molar refractivity (Wildman–Crippen MR) is 161 cm³/mol. The molecule has 1 aliphatic carbocycles. The summed E-state index contributed by atoms with van der Waals surface area (Å²) in [6.45, 7) is 5.70. The Bertz CT molecular complexity index is 1520. The summed E-state index contributed by atoms with van der Waals surface area (Å²) in [6.07, 6.45) is 19.8.